The summed E-state index contributed by atoms with van der Waals surface area (Å²) in [5, 5.41) is 2.54. The number of nitrogens with zero attached hydrogens (tertiary/aromatic N) is 1. The van der Waals surface area contributed by atoms with E-state index >= 15 is 0 Å². The Hall–Kier alpha value is -0.760. The van der Waals surface area contributed by atoms with Gasteiger partial charge in [0.2, 0.25) is 0 Å². The molecule has 0 amide bonds. The molecule has 0 fully saturated rings. The Kier molecular flexibility index (Phi) is 3.61. The number of guanidine groups is 1. The van der Waals surface area contributed by atoms with Crippen molar-refractivity contribution in [3.63, 3.8) is 0 Å². The van der Waals surface area contributed by atoms with Crippen LogP contribution in [0, 0.1) is 0 Å². The van der Waals surface area contributed by atoms with Gasteiger partial charge in [-0.1, -0.05) is 0 Å². The van der Waals surface area contributed by atoms with E-state index in [2.05, 4.69) is 26.2 Å². The fraction of sp³-hybridized carbons (Fsp3) is 0.286. The van der Waals surface area contributed by atoms with E-state index in [4.69, 9.17) is 5.73 Å². The largest absolute Gasteiger partial charge is 0.425 e. The van der Waals surface area contributed by atoms with Crippen LogP contribution >= 0.6 is 27.3 Å². The second kappa shape index (κ2) is 4.40. The monoisotopic (exact) mass is 301 g/mol. The summed E-state index contributed by atoms with van der Waals surface area (Å²) in [6, 6.07) is 0.979. The number of nitrogens with two attached hydrogens (primary N) is 1. The first kappa shape index (κ1) is 12.3. The third-order valence-corrected chi connectivity index (χ3v) is 3.35. The molecule has 8 heteroatoms. The zero-order valence-corrected chi connectivity index (χ0v) is 9.92. The number of hydrogen-bond acceptors (Lipinski definition) is 2. The van der Waals surface area contributed by atoms with Gasteiger partial charge in [0.05, 0.1) is 9.47 Å². The number of thiophene rings is 1. The molecule has 0 atom stereocenters. The molecule has 0 saturated carbocycles. The Morgan fingerprint density at radius 3 is 2.60 bits per heavy atom. The van der Waals surface area contributed by atoms with Crippen molar-refractivity contribution in [1.82, 2.24) is 0 Å². The van der Waals surface area contributed by atoms with Crippen LogP contribution in [0.15, 0.2) is 14.8 Å². The maximum absolute atomic E-state index is 12.3. The van der Waals surface area contributed by atoms with E-state index in [9.17, 15) is 13.2 Å². The zero-order chi connectivity index (χ0) is 11.6. The molecule has 1 heterocycles. The fourth-order valence-corrected chi connectivity index (χ4v) is 2.23. The van der Waals surface area contributed by atoms with E-state index < -0.39 is 11.1 Å². The quantitative estimate of drug-likeness (QED) is 0.619. The van der Waals surface area contributed by atoms with Crippen molar-refractivity contribution in [3.05, 3.63) is 14.7 Å². The minimum absolute atomic E-state index is 0.0576. The van der Waals surface area contributed by atoms with Gasteiger partial charge in [-0.3, -0.25) is 4.99 Å². The van der Waals surface area contributed by atoms with Crippen molar-refractivity contribution in [2.75, 3.05) is 12.4 Å². The van der Waals surface area contributed by atoms with Gasteiger partial charge in [-0.25, -0.2) is 0 Å². The standard InChI is InChI=1S/C7H7BrF3N3S/c1-13-6(12)14-3-2-4(7(9,10)11)15-5(3)8/h2H,1H3,(H3,12,13,14). The zero-order valence-electron chi connectivity index (χ0n) is 7.52. The molecular formula is C7H7BrF3N3S. The van der Waals surface area contributed by atoms with Crippen LogP contribution < -0.4 is 11.1 Å². The van der Waals surface area contributed by atoms with Crippen molar-refractivity contribution in [2.45, 2.75) is 6.18 Å². The highest BCUT2D eigenvalue weighted by Crippen LogP contribution is 2.41. The number of alkyl halides is 3. The van der Waals surface area contributed by atoms with Crippen LogP contribution in [0.3, 0.4) is 0 Å². The first-order valence-corrected chi connectivity index (χ1v) is 5.31. The lowest BCUT2D eigenvalue weighted by Crippen LogP contribution is -2.21. The van der Waals surface area contributed by atoms with Crippen molar-refractivity contribution in [2.24, 2.45) is 10.7 Å². The molecule has 0 aliphatic carbocycles. The second-order valence-corrected chi connectivity index (χ2v) is 4.90. The lowest BCUT2D eigenvalue weighted by molar-refractivity contribution is -0.134. The lowest BCUT2D eigenvalue weighted by atomic mass is 10.4. The lowest BCUT2D eigenvalue weighted by Gasteiger charge is -2.02. The van der Waals surface area contributed by atoms with Crippen molar-refractivity contribution in [3.8, 4) is 0 Å². The third kappa shape index (κ3) is 3.10. The number of rotatable bonds is 1. The summed E-state index contributed by atoms with van der Waals surface area (Å²) < 4.78 is 37.2. The van der Waals surface area contributed by atoms with E-state index in [1.807, 2.05) is 0 Å². The van der Waals surface area contributed by atoms with Crippen molar-refractivity contribution in [1.29, 1.82) is 0 Å². The van der Waals surface area contributed by atoms with Crippen LogP contribution in [-0.2, 0) is 6.18 Å². The molecule has 0 bridgehead atoms. The summed E-state index contributed by atoms with van der Waals surface area (Å²) in [6.45, 7) is 0. The van der Waals surface area contributed by atoms with Crippen LogP contribution in [0.1, 0.15) is 4.88 Å². The molecule has 3 nitrogen and oxygen atoms in total. The molecule has 0 radical (unpaired) electrons. The maximum Gasteiger partial charge on any atom is 0.425 e. The number of nitrogens with one attached hydrogen (secondary N) is 1. The normalized spacial score (nSPS) is 13.0. The molecule has 0 spiro atoms. The van der Waals surface area contributed by atoms with Gasteiger partial charge in [-0.05, 0) is 22.0 Å². The summed E-state index contributed by atoms with van der Waals surface area (Å²) in [6.07, 6.45) is -4.34. The third-order valence-electron chi connectivity index (χ3n) is 1.47. The van der Waals surface area contributed by atoms with Gasteiger partial charge in [0.1, 0.15) is 4.88 Å². The summed E-state index contributed by atoms with van der Waals surface area (Å²) in [5.41, 5.74) is 5.59. The Labute approximate surface area is 96.3 Å². The van der Waals surface area contributed by atoms with Gasteiger partial charge >= 0.3 is 6.18 Å². The summed E-state index contributed by atoms with van der Waals surface area (Å²) in [5.74, 6) is 0.0576. The number of anilines is 1. The van der Waals surface area contributed by atoms with Crippen LogP contribution in [0.4, 0.5) is 18.9 Å². The average molecular weight is 302 g/mol. The highest BCUT2D eigenvalue weighted by Gasteiger charge is 2.33. The molecule has 1 aromatic heterocycles. The predicted molar refractivity (Wildman–Crippen MR) is 58.2 cm³/mol. The first-order valence-electron chi connectivity index (χ1n) is 3.70. The first-order chi connectivity index (χ1) is 6.84. The van der Waals surface area contributed by atoms with E-state index in [1.165, 1.54) is 7.05 Å². The number of aliphatic imine (C=N–C) groups is 1. The van der Waals surface area contributed by atoms with Crippen LogP contribution in [0.2, 0.25) is 0 Å². The number of hydrogen-bond donors (Lipinski definition) is 2. The van der Waals surface area contributed by atoms with Crippen molar-refractivity contribution < 1.29 is 13.2 Å². The van der Waals surface area contributed by atoms with Gasteiger partial charge in [0.25, 0.3) is 0 Å². The minimum atomic E-state index is -4.34. The van der Waals surface area contributed by atoms with Gasteiger partial charge < -0.3 is 11.1 Å². The second-order valence-electron chi connectivity index (χ2n) is 2.53. The van der Waals surface area contributed by atoms with Crippen LogP contribution in [0.25, 0.3) is 0 Å². The summed E-state index contributed by atoms with van der Waals surface area (Å²) in [4.78, 5) is 2.89. The average Bonchev–Trinajstić information content (AvgIpc) is 2.47. The highest BCUT2D eigenvalue weighted by atomic mass is 79.9. The van der Waals surface area contributed by atoms with E-state index in [0.717, 1.165) is 6.07 Å². The fourth-order valence-electron chi connectivity index (χ4n) is 0.788. The van der Waals surface area contributed by atoms with E-state index in [0.29, 0.717) is 15.1 Å². The van der Waals surface area contributed by atoms with E-state index in [1.54, 1.807) is 0 Å². The smallest absolute Gasteiger partial charge is 0.370 e. The molecule has 0 aromatic carbocycles. The van der Waals surface area contributed by atoms with Crippen LogP contribution in [0.5, 0.6) is 0 Å². The molecule has 0 unspecified atom stereocenters. The van der Waals surface area contributed by atoms with Gasteiger partial charge in [0, 0.05) is 7.05 Å². The molecule has 84 valence electrons. The molecule has 0 aliphatic rings. The Morgan fingerprint density at radius 1 is 1.60 bits per heavy atom. The Bertz CT molecular complexity index is 385. The van der Waals surface area contributed by atoms with Gasteiger partial charge in [-0.15, -0.1) is 11.3 Å². The summed E-state index contributed by atoms with van der Waals surface area (Å²) >= 11 is 3.61. The SMILES string of the molecule is CN=C(N)Nc1cc(C(F)(F)F)sc1Br. The molecule has 0 saturated heterocycles. The molecule has 1 rings (SSSR count). The molecule has 1 aromatic rings. The minimum Gasteiger partial charge on any atom is -0.370 e. The molecule has 15 heavy (non-hydrogen) atoms. The predicted octanol–water partition coefficient (Wildman–Crippen LogP) is 2.89. The topological polar surface area (TPSA) is 50.4 Å². The van der Waals surface area contributed by atoms with E-state index in [-0.39, 0.29) is 11.6 Å². The Balaban J connectivity index is 2.97. The van der Waals surface area contributed by atoms with Gasteiger partial charge in [-0.2, -0.15) is 13.2 Å². The van der Waals surface area contributed by atoms with Gasteiger partial charge in [0.15, 0.2) is 5.96 Å². The maximum atomic E-state index is 12.3. The molecular weight excluding hydrogens is 295 g/mol. The van der Waals surface area contributed by atoms with Crippen molar-refractivity contribution >= 4 is 38.9 Å². The summed E-state index contributed by atoms with van der Waals surface area (Å²) in [7, 11) is 1.44. The Morgan fingerprint density at radius 2 is 2.20 bits per heavy atom. The molecule has 0 aliphatic heterocycles. The molecule has 3 N–H and O–H groups in total. The highest BCUT2D eigenvalue weighted by molar-refractivity contribution is 9.11. The number of halogens is 4. The van der Waals surface area contributed by atoms with Crippen LogP contribution in [-0.4, -0.2) is 13.0 Å².